The SMILES string of the molecule is COc1ccc(CC(=O)N2CCc3ncn(C)c3C2)cc1. The van der Waals surface area contributed by atoms with Gasteiger partial charge in [-0.05, 0) is 17.7 Å². The summed E-state index contributed by atoms with van der Waals surface area (Å²) in [5, 5.41) is 0. The normalized spacial score (nSPS) is 13.9. The largest absolute Gasteiger partial charge is 0.497 e. The van der Waals surface area contributed by atoms with Crippen LogP contribution in [0.15, 0.2) is 30.6 Å². The van der Waals surface area contributed by atoms with E-state index < -0.39 is 0 Å². The third-order valence-electron chi connectivity index (χ3n) is 3.97. The van der Waals surface area contributed by atoms with E-state index in [4.69, 9.17) is 4.74 Å². The van der Waals surface area contributed by atoms with E-state index >= 15 is 0 Å². The third kappa shape index (κ3) is 2.77. The molecule has 1 amide bonds. The van der Waals surface area contributed by atoms with Crippen molar-refractivity contribution < 1.29 is 9.53 Å². The van der Waals surface area contributed by atoms with Gasteiger partial charge in [-0.25, -0.2) is 4.98 Å². The molecule has 0 saturated heterocycles. The average molecular weight is 285 g/mol. The summed E-state index contributed by atoms with van der Waals surface area (Å²) in [6.45, 7) is 1.40. The highest BCUT2D eigenvalue weighted by Crippen LogP contribution is 2.18. The van der Waals surface area contributed by atoms with Crippen molar-refractivity contribution in [2.45, 2.75) is 19.4 Å². The summed E-state index contributed by atoms with van der Waals surface area (Å²) in [6, 6.07) is 7.66. The molecule has 3 rings (SSSR count). The van der Waals surface area contributed by atoms with Crippen molar-refractivity contribution in [2.75, 3.05) is 13.7 Å². The van der Waals surface area contributed by atoms with Gasteiger partial charge < -0.3 is 14.2 Å². The smallest absolute Gasteiger partial charge is 0.227 e. The van der Waals surface area contributed by atoms with Crippen LogP contribution in [0.2, 0.25) is 0 Å². The number of benzene rings is 1. The highest BCUT2D eigenvalue weighted by Gasteiger charge is 2.23. The Bertz CT molecular complexity index is 646. The predicted molar refractivity (Wildman–Crippen MR) is 79.0 cm³/mol. The Morgan fingerprint density at radius 2 is 2.10 bits per heavy atom. The molecule has 0 radical (unpaired) electrons. The van der Waals surface area contributed by atoms with Crippen molar-refractivity contribution in [3.05, 3.63) is 47.5 Å². The number of imidazole rings is 1. The topological polar surface area (TPSA) is 47.4 Å². The lowest BCUT2D eigenvalue weighted by atomic mass is 10.1. The van der Waals surface area contributed by atoms with Gasteiger partial charge in [0, 0.05) is 20.0 Å². The van der Waals surface area contributed by atoms with Crippen molar-refractivity contribution in [3.8, 4) is 5.75 Å². The van der Waals surface area contributed by atoms with E-state index in [0.29, 0.717) is 13.0 Å². The van der Waals surface area contributed by atoms with Gasteiger partial charge in [0.05, 0.1) is 37.8 Å². The van der Waals surface area contributed by atoms with Crippen molar-refractivity contribution in [1.82, 2.24) is 14.5 Å². The number of aromatic nitrogens is 2. The fourth-order valence-electron chi connectivity index (χ4n) is 2.66. The second-order valence-corrected chi connectivity index (χ2v) is 5.34. The van der Waals surface area contributed by atoms with Crippen LogP contribution in [-0.4, -0.2) is 34.0 Å². The Morgan fingerprint density at radius 1 is 1.33 bits per heavy atom. The van der Waals surface area contributed by atoms with Crippen LogP contribution < -0.4 is 4.74 Å². The zero-order valence-electron chi connectivity index (χ0n) is 12.4. The summed E-state index contributed by atoms with van der Waals surface area (Å²) in [5.74, 6) is 0.968. The second-order valence-electron chi connectivity index (χ2n) is 5.34. The standard InChI is InChI=1S/C16H19N3O2/c1-18-11-17-14-7-8-19(10-15(14)18)16(20)9-12-3-5-13(21-2)6-4-12/h3-6,11H,7-10H2,1-2H3. The zero-order chi connectivity index (χ0) is 14.8. The molecular formula is C16H19N3O2. The summed E-state index contributed by atoms with van der Waals surface area (Å²) < 4.78 is 7.13. The monoisotopic (exact) mass is 285 g/mol. The van der Waals surface area contributed by atoms with Crippen LogP contribution in [0.25, 0.3) is 0 Å². The molecule has 0 atom stereocenters. The number of aryl methyl sites for hydroxylation is 1. The van der Waals surface area contributed by atoms with Crippen molar-refractivity contribution in [2.24, 2.45) is 7.05 Å². The molecule has 110 valence electrons. The molecule has 5 heteroatoms. The Kier molecular flexibility index (Phi) is 3.64. The molecule has 2 heterocycles. The van der Waals surface area contributed by atoms with Crippen LogP contribution in [0.5, 0.6) is 5.75 Å². The number of hydrogen-bond acceptors (Lipinski definition) is 3. The number of rotatable bonds is 3. The maximum Gasteiger partial charge on any atom is 0.227 e. The van der Waals surface area contributed by atoms with Crippen molar-refractivity contribution >= 4 is 5.91 Å². The minimum absolute atomic E-state index is 0.159. The van der Waals surface area contributed by atoms with Gasteiger partial charge in [-0.2, -0.15) is 0 Å². The molecule has 5 nitrogen and oxygen atoms in total. The Balaban J connectivity index is 1.67. The fraction of sp³-hybridized carbons (Fsp3) is 0.375. The number of fused-ring (bicyclic) bond motifs is 1. The van der Waals surface area contributed by atoms with Gasteiger partial charge in [0.25, 0.3) is 0 Å². The van der Waals surface area contributed by atoms with E-state index in [1.54, 1.807) is 7.11 Å². The summed E-state index contributed by atoms with van der Waals surface area (Å²) in [6.07, 6.45) is 3.09. The number of methoxy groups -OCH3 is 1. The van der Waals surface area contributed by atoms with Crippen molar-refractivity contribution in [3.63, 3.8) is 0 Å². The van der Waals surface area contributed by atoms with E-state index in [9.17, 15) is 4.79 Å². The molecule has 0 bridgehead atoms. The quantitative estimate of drug-likeness (QED) is 0.860. The Labute approximate surface area is 124 Å². The molecule has 0 saturated carbocycles. The average Bonchev–Trinajstić information content (AvgIpc) is 2.89. The van der Waals surface area contributed by atoms with E-state index in [1.165, 1.54) is 0 Å². The first-order valence-corrected chi connectivity index (χ1v) is 7.07. The maximum absolute atomic E-state index is 12.4. The van der Waals surface area contributed by atoms with Gasteiger partial charge >= 0.3 is 0 Å². The Hall–Kier alpha value is -2.30. The number of carbonyl (C=O) groups is 1. The van der Waals surface area contributed by atoms with Gasteiger partial charge in [0.1, 0.15) is 5.75 Å². The minimum Gasteiger partial charge on any atom is -0.497 e. The Morgan fingerprint density at radius 3 is 2.81 bits per heavy atom. The second kappa shape index (κ2) is 5.60. The van der Waals surface area contributed by atoms with Crippen LogP contribution in [0.3, 0.4) is 0 Å². The van der Waals surface area contributed by atoms with Gasteiger partial charge in [0.2, 0.25) is 5.91 Å². The molecule has 0 N–H and O–H groups in total. The zero-order valence-corrected chi connectivity index (χ0v) is 12.4. The highest BCUT2D eigenvalue weighted by atomic mass is 16.5. The van der Waals surface area contributed by atoms with Gasteiger partial charge in [-0.3, -0.25) is 4.79 Å². The van der Waals surface area contributed by atoms with Crippen LogP contribution in [0.1, 0.15) is 17.0 Å². The van der Waals surface area contributed by atoms with Gasteiger partial charge in [0.15, 0.2) is 0 Å². The summed E-state index contributed by atoms with van der Waals surface area (Å²) in [7, 11) is 3.61. The summed E-state index contributed by atoms with van der Waals surface area (Å²) in [5.41, 5.74) is 3.27. The first-order chi connectivity index (χ1) is 10.2. The lowest BCUT2D eigenvalue weighted by molar-refractivity contribution is -0.131. The number of hydrogen-bond donors (Lipinski definition) is 0. The van der Waals surface area contributed by atoms with Gasteiger partial charge in [-0.15, -0.1) is 0 Å². The fourth-order valence-corrected chi connectivity index (χ4v) is 2.66. The molecule has 0 unspecified atom stereocenters. The molecule has 1 aliphatic heterocycles. The molecule has 1 aromatic carbocycles. The first kappa shape index (κ1) is 13.7. The third-order valence-corrected chi connectivity index (χ3v) is 3.97. The maximum atomic E-state index is 12.4. The first-order valence-electron chi connectivity index (χ1n) is 7.07. The van der Waals surface area contributed by atoms with Crippen LogP contribution >= 0.6 is 0 Å². The lowest BCUT2D eigenvalue weighted by Gasteiger charge is -2.27. The van der Waals surface area contributed by atoms with Crippen LogP contribution in [0, 0.1) is 0 Å². The summed E-state index contributed by atoms with van der Waals surface area (Å²) >= 11 is 0. The van der Waals surface area contributed by atoms with E-state index in [1.807, 2.05) is 47.1 Å². The van der Waals surface area contributed by atoms with Crippen molar-refractivity contribution in [1.29, 1.82) is 0 Å². The molecule has 2 aromatic rings. The molecule has 21 heavy (non-hydrogen) atoms. The molecule has 1 aromatic heterocycles. The number of carbonyl (C=O) groups excluding carboxylic acids is 1. The molecule has 0 aliphatic carbocycles. The minimum atomic E-state index is 0.159. The number of amides is 1. The van der Waals surface area contributed by atoms with E-state index in [0.717, 1.165) is 35.7 Å². The molecule has 0 spiro atoms. The number of ether oxygens (including phenoxy) is 1. The van der Waals surface area contributed by atoms with Crippen LogP contribution in [-0.2, 0) is 31.2 Å². The molecule has 0 fully saturated rings. The number of nitrogens with zero attached hydrogens (tertiary/aromatic N) is 3. The molecular weight excluding hydrogens is 266 g/mol. The predicted octanol–water partition coefficient (Wildman–Crippen LogP) is 1.56. The highest BCUT2D eigenvalue weighted by molar-refractivity contribution is 5.79. The van der Waals surface area contributed by atoms with E-state index in [2.05, 4.69) is 4.98 Å². The van der Waals surface area contributed by atoms with Crippen LogP contribution in [0.4, 0.5) is 0 Å². The van der Waals surface area contributed by atoms with E-state index in [-0.39, 0.29) is 5.91 Å². The molecule has 1 aliphatic rings. The van der Waals surface area contributed by atoms with Gasteiger partial charge in [-0.1, -0.05) is 12.1 Å². The summed E-state index contributed by atoms with van der Waals surface area (Å²) in [4.78, 5) is 18.7. The lowest BCUT2D eigenvalue weighted by Crippen LogP contribution is -2.37.